The van der Waals surface area contributed by atoms with E-state index in [1.54, 1.807) is 6.92 Å². The smallest absolute Gasteiger partial charge is 0.333 e. The first kappa shape index (κ1) is 26.8. The highest BCUT2D eigenvalue weighted by Crippen LogP contribution is 2.15. The fourth-order valence-corrected chi connectivity index (χ4v) is 3.25. The minimum absolute atomic E-state index is 0.0325. The van der Waals surface area contributed by atoms with E-state index in [4.69, 9.17) is 9.47 Å². The quantitative estimate of drug-likeness (QED) is 0.376. The molecule has 0 bridgehead atoms. The summed E-state index contributed by atoms with van der Waals surface area (Å²) in [5.74, 6) is 0.210. The fraction of sp³-hybridized carbons (Fsp3) is 0.667. The predicted octanol–water partition coefficient (Wildman–Crippen LogP) is 4.35. The molecule has 1 atom stereocenters. The summed E-state index contributed by atoms with van der Waals surface area (Å²) in [4.78, 5) is 25.7. The summed E-state index contributed by atoms with van der Waals surface area (Å²) in [6.07, 6.45) is 3.56. The number of hydrogen-bond acceptors (Lipinski definition) is 4. The highest BCUT2D eigenvalue weighted by Gasteiger charge is 2.18. The van der Waals surface area contributed by atoms with Gasteiger partial charge in [0.25, 0.3) is 0 Å². The van der Waals surface area contributed by atoms with Gasteiger partial charge in [0.2, 0.25) is 0 Å². The number of aliphatic carboxylic acids is 1. The molecule has 7 heteroatoms. The van der Waals surface area contributed by atoms with Gasteiger partial charge in [-0.15, -0.1) is 0 Å². The monoisotopic (exact) mass is 436 g/mol. The second kappa shape index (κ2) is 15.5. The van der Waals surface area contributed by atoms with Crippen molar-refractivity contribution in [1.82, 2.24) is 10.2 Å². The molecule has 0 aliphatic rings. The first-order valence-corrected chi connectivity index (χ1v) is 11.5. The number of amides is 2. The minimum atomic E-state index is -0.961. The molecule has 1 unspecified atom stereocenters. The number of nitrogens with zero attached hydrogens (tertiary/aromatic N) is 1. The van der Waals surface area contributed by atoms with Gasteiger partial charge in [-0.1, -0.05) is 52.2 Å². The molecule has 0 heterocycles. The van der Waals surface area contributed by atoms with E-state index in [0.717, 1.165) is 37.8 Å². The van der Waals surface area contributed by atoms with Crippen LogP contribution in [0, 0.1) is 5.92 Å². The number of benzene rings is 1. The second-order valence-electron chi connectivity index (χ2n) is 7.69. The van der Waals surface area contributed by atoms with E-state index >= 15 is 0 Å². The van der Waals surface area contributed by atoms with Crippen molar-refractivity contribution in [3.05, 3.63) is 29.8 Å². The van der Waals surface area contributed by atoms with Crippen LogP contribution < -0.4 is 10.1 Å². The van der Waals surface area contributed by atoms with Crippen LogP contribution in [0.5, 0.6) is 5.75 Å². The topological polar surface area (TPSA) is 88.1 Å². The highest BCUT2D eigenvalue weighted by atomic mass is 16.5. The molecule has 2 amide bonds. The molecule has 1 rings (SSSR count). The van der Waals surface area contributed by atoms with Crippen molar-refractivity contribution < 1.29 is 24.2 Å². The van der Waals surface area contributed by atoms with E-state index in [1.165, 1.54) is 0 Å². The Bertz CT molecular complexity index is 631. The number of carboxylic acids is 1. The van der Waals surface area contributed by atoms with Crippen molar-refractivity contribution in [2.24, 2.45) is 5.92 Å². The molecule has 1 aromatic carbocycles. The molecule has 0 fully saturated rings. The summed E-state index contributed by atoms with van der Waals surface area (Å²) in [5, 5.41) is 12.2. The third kappa shape index (κ3) is 10.5. The van der Waals surface area contributed by atoms with E-state index in [1.807, 2.05) is 29.2 Å². The number of urea groups is 1. The summed E-state index contributed by atoms with van der Waals surface area (Å²) in [6.45, 7) is 10.9. The summed E-state index contributed by atoms with van der Waals surface area (Å²) in [5.41, 5.74) is 0.874. The molecule has 7 nitrogen and oxygen atoms in total. The Morgan fingerprint density at radius 1 is 1.10 bits per heavy atom. The number of carbonyl (C=O) groups excluding carboxylic acids is 1. The Hall–Kier alpha value is -2.28. The largest absolute Gasteiger partial charge is 0.492 e. The van der Waals surface area contributed by atoms with E-state index in [-0.39, 0.29) is 6.03 Å². The molecule has 1 aromatic rings. The van der Waals surface area contributed by atoms with Gasteiger partial charge in [-0.25, -0.2) is 9.59 Å². The maximum atomic E-state index is 12.6. The maximum absolute atomic E-state index is 12.6. The standard InChI is InChI=1S/C24H40N2O5/c1-5-9-14-25-24(29)26(18-19(6-2)7-3)15-16-31-21-12-10-20(11-13-21)17-22(23(27)28)30-8-4/h10-13,19,22H,5-9,14-18H2,1-4H3,(H,25,29)(H,27,28). The maximum Gasteiger partial charge on any atom is 0.333 e. The fourth-order valence-electron chi connectivity index (χ4n) is 3.25. The molecule has 0 radical (unpaired) electrons. The molecule has 2 N–H and O–H groups in total. The van der Waals surface area contributed by atoms with Crippen LogP contribution in [0.3, 0.4) is 0 Å². The zero-order chi connectivity index (χ0) is 23.1. The Morgan fingerprint density at radius 2 is 1.77 bits per heavy atom. The third-order valence-electron chi connectivity index (χ3n) is 5.34. The summed E-state index contributed by atoms with van der Waals surface area (Å²) in [7, 11) is 0. The lowest BCUT2D eigenvalue weighted by Crippen LogP contribution is -2.44. The molecule has 0 aliphatic heterocycles. The van der Waals surface area contributed by atoms with Crippen LogP contribution in [-0.4, -0.2) is 61.0 Å². The molecule has 0 saturated heterocycles. The molecule has 0 aliphatic carbocycles. The molecule has 0 aromatic heterocycles. The van der Waals surface area contributed by atoms with Gasteiger partial charge in [0.05, 0.1) is 6.54 Å². The van der Waals surface area contributed by atoms with Gasteiger partial charge < -0.3 is 24.8 Å². The van der Waals surface area contributed by atoms with Gasteiger partial charge in [-0.3, -0.25) is 0 Å². The lowest BCUT2D eigenvalue weighted by molar-refractivity contribution is -0.149. The molecule has 31 heavy (non-hydrogen) atoms. The Labute approximate surface area is 187 Å². The average molecular weight is 437 g/mol. The molecular weight excluding hydrogens is 396 g/mol. The SMILES string of the molecule is CCCCNC(=O)N(CCOc1ccc(CC(OCC)C(=O)O)cc1)CC(CC)CC. The van der Waals surface area contributed by atoms with Crippen molar-refractivity contribution in [3.8, 4) is 5.75 Å². The number of ether oxygens (including phenoxy) is 2. The van der Waals surface area contributed by atoms with Gasteiger partial charge in [-0.05, 0) is 37.0 Å². The lowest BCUT2D eigenvalue weighted by Gasteiger charge is -2.27. The minimum Gasteiger partial charge on any atom is -0.492 e. The Balaban J connectivity index is 2.60. The van der Waals surface area contributed by atoms with Crippen LogP contribution in [0.4, 0.5) is 4.79 Å². The molecule has 0 spiro atoms. The average Bonchev–Trinajstić information content (AvgIpc) is 2.76. The molecule has 0 saturated carbocycles. The van der Waals surface area contributed by atoms with Crippen molar-refractivity contribution in [2.75, 3.05) is 32.8 Å². The van der Waals surface area contributed by atoms with Crippen LogP contribution in [0.25, 0.3) is 0 Å². The van der Waals surface area contributed by atoms with Gasteiger partial charge >= 0.3 is 12.0 Å². The highest BCUT2D eigenvalue weighted by molar-refractivity contribution is 5.74. The van der Waals surface area contributed by atoms with Gasteiger partial charge in [0.15, 0.2) is 6.10 Å². The van der Waals surface area contributed by atoms with Crippen LogP contribution in [0.15, 0.2) is 24.3 Å². The summed E-state index contributed by atoms with van der Waals surface area (Å²) < 4.78 is 11.1. The number of carboxylic acid groups (broad SMARTS) is 1. The number of unbranched alkanes of at least 4 members (excludes halogenated alkanes) is 1. The Morgan fingerprint density at radius 3 is 2.32 bits per heavy atom. The zero-order valence-corrected chi connectivity index (χ0v) is 19.6. The van der Waals surface area contributed by atoms with Crippen LogP contribution in [0.1, 0.15) is 58.9 Å². The predicted molar refractivity (Wildman–Crippen MR) is 123 cm³/mol. The van der Waals surface area contributed by atoms with Gasteiger partial charge in [0, 0.05) is 26.1 Å². The second-order valence-corrected chi connectivity index (χ2v) is 7.69. The van der Waals surface area contributed by atoms with Crippen molar-refractivity contribution in [3.63, 3.8) is 0 Å². The van der Waals surface area contributed by atoms with E-state index in [0.29, 0.717) is 44.4 Å². The van der Waals surface area contributed by atoms with Crippen molar-refractivity contribution in [1.29, 1.82) is 0 Å². The summed E-state index contributed by atoms with van der Waals surface area (Å²) >= 11 is 0. The van der Waals surface area contributed by atoms with E-state index in [2.05, 4.69) is 26.1 Å². The summed E-state index contributed by atoms with van der Waals surface area (Å²) in [6, 6.07) is 7.32. The van der Waals surface area contributed by atoms with E-state index in [9.17, 15) is 14.7 Å². The van der Waals surface area contributed by atoms with Crippen molar-refractivity contribution in [2.45, 2.75) is 65.9 Å². The van der Waals surface area contributed by atoms with Crippen LogP contribution in [-0.2, 0) is 16.0 Å². The molecule has 176 valence electrons. The zero-order valence-electron chi connectivity index (χ0n) is 19.6. The lowest BCUT2D eigenvalue weighted by atomic mass is 10.0. The number of nitrogens with one attached hydrogen (secondary N) is 1. The van der Waals surface area contributed by atoms with E-state index < -0.39 is 12.1 Å². The first-order valence-electron chi connectivity index (χ1n) is 11.5. The number of hydrogen-bond donors (Lipinski definition) is 2. The van der Waals surface area contributed by atoms with Crippen molar-refractivity contribution >= 4 is 12.0 Å². The van der Waals surface area contributed by atoms with Crippen LogP contribution in [0.2, 0.25) is 0 Å². The van der Waals surface area contributed by atoms with Gasteiger partial charge in [0.1, 0.15) is 12.4 Å². The third-order valence-corrected chi connectivity index (χ3v) is 5.34. The number of carbonyl (C=O) groups is 2. The van der Waals surface area contributed by atoms with Gasteiger partial charge in [-0.2, -0.15) is 0 Å². The number of rotatable bonds is 16. The first-order chi connectivity index (χ1) is 14.9. The normalized spacial score (nSPS) is 11.9. The Kier molecular flexibility index (Phi) is 13.4. The van der Waals surface area contributed by atoms with Crippen LogP contribution >= 0.6 is 0 Å². The molecular formula is C24H40N2O5.